The van der Waals surface area contributed by atoms with E-state index >= 15 is 0 Å². The van der Waals surface area contributed by atoms with Crippen molar-refractivity contribution in [1.29, 1.82) is 0 Å². The summed E-state index contributed by atoms with van der Waals surface area (Å²) in [6.07, 6.45) is 3.61. The van der Waals surface area contributed by atoms with E-state index in [1.165, 1.54) is 0 Å². The van der Waals surface area contributed by atoms with E-state index in [1.807, 2.05) is 29.9 Å². The van der Waals surface area contributed by atoms with E-state index in [4.69, 9.17) is 5.73 Å². The summed E-state index contributed by atoms with van der Waals surface area (Å²) in [6, 6.07) is 4.03. The molecule has 0 aliphatic heterocycles. The molecule has 5 heteroatoms. The second-order valence-corrected chi connectivity index (χ2v) is 5.48. The molecule has 2 N–H and O–H groups in total. The van der Waals surface area contributed by atoms with Crippen molar-refractivity contribution in [2.45, 2.75) is 32.9 Å². The van der Waals surface area contributed by atoms with Crippen molar-refractivity contribution in [1.82, 2.24) is 14.8 Å². The van der Waals surface area contributed by atoms with Crippen LogP contribution in [0.1, 0.15) is 42.9 Å². The number of pyridine rings is 1. The topological polar surface area (TPSA) is 56.7 Å². The van der Waals surface area contributed by atoms with Crippen molar-refractivity contribution in [2.24, 2.45) is 5.73 Å². The molecule has 0 spiro atoms. The van der Waals surface area contributed by atoms with Gasteiger partial charge in [0.15, 0.2) is 0 Å². The lowest BCUT2D eigenvalue weighted by Gasteiger charge is -2.17. The van der Waals surface area contributed by atoms with Crippen LogP contribution in [0.4, 0.5) is 0 Å². The number of nitrogens with two attached hydrogens (primary N) is 1. The van der Waals surface area contributed by atoms with Crippen molar-refractivity contribution in [3.63, 3.8) is 0 Å². The first-order chi connectivity index (χ1) is 8.50. The van der Waals surface area contributed by atoms with Gasteiger partial charge < -0.3 is 5.73 Å². The molecule has 2 rings (SSSR count). The smallest absolute Gasteiger partial charge is 0.0749 e. The number of hydrogen-bond donors (Lipinski definition) is 1. The van der Waals surface area contributed by atoms with Gasteiger partial charge in [-0.1, -0.05) is 6.07 Å². The van der Waals surface area contributed by atoms with Crippen molar-refractivity contribution in [3.8, 4) is 0 Å². The summed E-state index contributed by atoms with van der Waals surface area (Å²) in [7, 11) is 0. The Labute approximate surface area is 115 Å². The molecule has 0 saturated carbocycles. The predicted octanol–water partition coefficient (Wildman–Crippen LogP) is 2.98. The van der Waals surface area contributed by atoms with E-state index in [9.17, 15) is 0 Å². The van der Waals surface area contributed by atoms with Gasteiger partial charge in [0, 0.05) is 17.9 Å². The van der Waals surface area contributed by atoms with Crippen LogP contribution < -0.4 is 5.73 Å². The molecular formula is C13H17BrN4. The first-order valence-corrected chi connectivity index (χ1v) is 6.71. The fourth-order valence-electron chi connectivity index (χ4n) is 1.87. The maximum atomic E-state index is 6.32. The van der Waals surface area contributed by atoms with Crippen LogP contribution in [0.25, 0.3) is 0 Å². The highest BCUT2D eigenvalue weighted by Crippen LogP contribution is 2.28. The lowest BCUT2D eigenvalue weighted by molar-refractivity contribution is 0.498. The van der Waals surface area contributed by atoms with Gasteiger partial charge in [-0.25, -0.2) is 0 Å². The molecule has 0 saturated heterocycles. The van der Waals surface area contributed by atoms with E-state index in [2.05, 4.69) is 39.9 Å². The lowest BCUT2D eigenvalue weighted by Crippen LogP contribution is -2.19. The molecule has 2 heterocycles. The number of nitrogens with zero attached hydrogens (tertiary/aromatic N) is 3. The van der Waals surface area contributed by atoms with Gasteiger partial charge in [0.1, 0.15) is 0 Å². The molecule has 0 aliphatic rings. The van der Waals surface area contributed by atoms with Crippen molar-refractivity contribution in [3.05, 3.63) is 46.0 Å². The minimum Gasteiger partial charge on any atom is -0.319 e. The highest BCUT2D eigenvalue weighted by Gasteiger charge is 2.19. The van der Waals surface area contributed by atoms with Crippen molar-refractivity contribution in [2.75, 3.05) is 0 Å². The SMILES string of the molecule is Cc1ccc(C(N)c2c(Br)cnn2C(C)C)cn1. The van der Waals surface area contributed by atoms with E-state index in [1.54, 1.807) is 6.20 Å². The molecule has 18 heavy (non-hydrogen) atoms. The van der Waals surface area contributed by atoms with Gasteiger partial charge in [-0.3, -0.25) is 9.67 Å². The van der Waals surface area contributed by atoms with Crippen LogP contribution in [0.3, 0.4) is 0 Å². The first kappa shape index (κ1) is 13.2. The minimum atomic E-state index is -0.225. The van der Waals surface area contributed by atoms with Gasteiger partial charge in [0.2, 0.25) is 0 Å². The first-order valence-electron chi connectivity index (χ1n) is 5.91. The molecule has 1 unspecified atom stereocenters. The number of hydrogen-bond acceptors (Lipinski definition) is 3. The van der Waals surface area contributed by atoms with Crippen LogP contribution in [0.2, 0.25) is 0 Å². The number of rotatable bonds is 3. The van der Waals surface area contributed by atoms with Crippen LogP contribution >= 0.6 is 15.9 Å². The van der Waals surface area contributed by atoms with E-state index in [0.29, 0.717) is 0 Å². The maximum Gasteiger partial charge on any atom is 0.0749 e. The van der Waals surface area contributed by atoms with E-state index < -0.39 is 0 Å². The second-order valence-electron chi connectivity index (χ2n) is 4.63. The van der Waals surface area contributed by atoms with Crippen molar-refractivity contribution < 1.29 is 0 Å². The standard InChI is InChI=1S/C13H17BrN4/c1-8(2)18-13(11(14)7-17-18)12(15)10-5-4-9(3)16-6-10/h4-8,12H,15H2,1-3H3. The third-order valence-corrected chi connectivity index (χ3v) is 3.48. The third-order valence-electron chi connectivity index (χ3n) is 2.86. The Bertz CT molecular complexity index is 530. The highest BCUT2D eigenvalue weighted by atomic mass is 79.9. The largest absolute Gasteiger partial charge is 0.319 e. The molecule has 96 valence electrons. The quantitative estimate of drug-likeness (QED) is 0.948. The maximum absolute atomic E-state index is 6.32. The summed E-state index contributed by atoms with van der Waals surface area (Å²) in [5, 5.41) is 4.35. The summed E-state index contributed by atoms with van der Waals surface area (Å²) in [6.45, 7) is 6.13. The molecule has 0 radical (unpaired) electrons. The number of aromatic nitrogens is 3. The van der Waals surface area contributed by atoms with Crippen molar-refractivity contribution >= 4 is 15.9 Å². The minimum absolute atomic E-state index is 0.225. The van der Waals surface area contributed by atoms with E-state index in [-0.39, 0.29) is 12.1 Å². The Morgan fingerprint density at radius 3 is 2.56 bits per heavy atom. The van der Waals surface area contributed by atoms with Crippen LogP contribution in [-0.2, 0) is 0 Å². The summed E-state index contributed by atoms with van der Waals surface area (Å²) in [5.41, 5.74) is 9.28. The summed E-state index contributed by atoms with van der Waals surface area (Å²) in [4.78, 5) is 4.29. The zero-order valence-corrected chi connectivity index (χ0v) is 12.3. The average molecular weight is 309 g/mol. The van der Waals surface area contributed by atoms with Gasteiger partial charge >= 0.3 is 0 Å². The van der Waals surface area contributed by atoms with Gasteiger partial charge in [0.05, 0.1) is 22.4 Å². The number of aryl methyl sites for hydroxylation is 1. The average Bonchev–Trinajstić information content (AvgIpc) is 2.71. The van der Waals surface area contributed by atoms with E-state index in [0.717, 1.165) is 21.4 Å². The Morgan fingerprint density at radius 1 is 1.28 bits per heavy atom. The summed E-state index contributed by atoms with van der Waals surface area (Å²) < 4.78 is 2.87. The molecular weight excluding hydrogens is 292 g/mol. The normalized spacial score (nSPS) is 13.0. The molecule has 0 aliphatic carbocycles. The lowest BCUT2D eigenvalue weighted by atomic mass is 10.1. The van der Waals surface area contributed by atoms with Gasteiger partial charge in [-0.15, -0.1) is 0 Å². The van der Waals surface area contributed by atoms with Gasteiger partial charge in [-0.05, 0) is 48.3 Å². The Hall–Kier alpha value is -1.20. The second kappa shape index (κ2) is 5.20. The summed E-state index contributed by atoms with van der Waals surface area (Å²) in [5.74, 6) is 0. The fourth-order valence-corrected chi connectivity index (χ4v) is 2.39. The van der Waals surface area contributed by atoms with Crippen LogP contribution in [-0.4, -0.2) is 14.8 Å². The zero-order valence-electron chi connectivity index (χ0n) is 10.8. The van der Waals surface area contributed by atoms with Crippen LogP contribution in [0.5, 0.6) is 0 Å². The fraction of sp³-hybridized carbons (Fsp3) is 0.385. The van der Waals surface area contributed by atoms with Gasteiger partial charge in [0.25, 0.3) is 0 Å². The molecule has 2 aromatic heterocycles. The Balaban J connectivity index is 2.42. The Morgan fingerprint density at radius 2 is 2.00 bits per heavy atom. The molecule has 2 aromatic rings. The molecule has 0 fully saturated rings. The molecule has 4 nitrogen and oxygen atoms in total. The summed E-state index contributed by atoms with van der Waals surface area (Å²) >= 11 is 3.51. The Kier molecular flexibility index (Phi) is 3.82. The number of halogens is 1. The highest BCUT2D eigenvalue weighted by molar-refractivity contribution is 9.10. The third kappa shape index (κ3) is 2.47. The van der Waals surface area contributed by atoms with Crippen LogP contribution in [0, 0.1) is 6.92 Å². The molecule has 1 atom stereocenters. The van der Waals surface area contributed by atoms with Crippen LogP contribution in [0.15, 0.2) is 29.0 Å². The molecule has 0 aromatic carbocycles. The zero-order chi connectivity index (χ0) is 13.3. The molecule has 0 amide bonds. The predicted molar refractivity (Wildman–Crippen MR) is 75.3 cm³/mol. The van der Waals surface area contributed by atoms with Gasteiger partial charge in [-0.2, -0.15) is 5.10 Å². The molecule has 0 bridgehead atoms. The monoisotopic (exact) mass is 308 g/mol.